The van der Waals surface area contributed by atoms with Crippen LogP contribution in [0.25, 0.3) is 11.8 Å². The average molecular weight is 240 g/mol. The van der Waals surface area contributed by atoms with Gasteiger partial charge in [0.25, 0.3) is 5.70 Å². The van der Waals surface area contributed by atoms with Crippen LogP contribution in [0.4, 0.5) is 0 Å². The molecule has 6 heteroatoms. The Labute approximate surface area is 98.4 Å². The molecule has 1 aromatic heterocycles. The van der Waals surface area contributed by atoms with Crippen molar-refractivity contribution in [1.82, 2.24) is 4.98 Å². The van der Waals surface area contributed by atoms with Crippen LogP contribution in [0.1, 0.15) is 38.2 Å². The fourth-order valence-electron chi connectivity index (χ4n) is 1.20. The smallest absolute Gasteiger partial charge is 0.352 e. The third-order valence-electron chi connectivity index (χ3n) is 2.03. The summed E-state index contributed by atoms with van der Waals surface area (Å²) in [6, 6.07) is 1.37. The standard InChI is InChI=1S/C9H10N2O4.C2H6/c1-3-6-4-7(9(12)13)10-8(6)5(2)11(14)15;1-2/h3-4,10H,1-2H3,(H,12,13);1-2H3/b6-3-,8-5-;. The Morgan fingerprint density at radius 2 is 2.06 bits per heavy atom. The minimum Gasteiger partial charge on any atom is -0.477 e. The number of hydrogen-bond donors (Lipinski definition) is 2. The molecule has 0 bridgehead atoms. The number of carboxylic acid groups (broad SMARTS) is 1. The van der Waals surface area contributed by atoms with Gasteiger partial charge in [0.05, 0.1) is 4.92 Å². The predicted octanol–water partition coefficient (Wildman–Crippen LogP) is 0.944. The zero-order valence-corrected chi connectivity index (χ0v) is 10.3. The molecule has 1 heterocycles. The van der Waals surface area contributed by atoms with Gasteiger partial charge in [-0.15, -0.1) is 0 Å². The van der Waals surface area contributed by atoms with E-state index in [2.05, 4.69) is 4.98 Å². The highest BCUT2D eigenvalue weighted by molar-refractivity contribution is 5.85. The Hall–Kier alpha value is -2.11. The van der Waals surface area contributed by atoms with Crippen molar-refractivity contribution < 1.29 is 14.8 Å². The summed E-state index contributed by atoms with van der Waals surface area (Å²) in [4.78, 5) is 23.1. The van der Waals surface area contributed by atoms with Gasteiger partial charge in [-0.05, 0) is 13.0 Å². The number of H-pyrrole nitrogens is 1. The van der Waals surface area contributed by atoms with E-state index >= 15 is 0 Å². The number of aromatic amines is 1. The maximum absolute atomic E-state index is 10.7. The first kappa shape index (κ1) is 14.9. The van der Waals surface area contributed by atoms with Crippen LogP contribution in [0.15, 0.2) is 6.07 Å². The molecule has 1 rings (SSSR count). The van der Waals surface area contributed by atoms with Gasteiger partial charge < -0.3 is 10.1 Å². The number of aromatic nitrogens is 1. The first-order valence-corrected chi connectivity index (χ1v) is 5.21. The molecule has 6 nitrogen and oxygen atoms in total. The van der Waals surface area contributed by atoms with E-state index in [4.69, 9.17) is 5.11 Å². The molecule has 0 unspecified atom stereocenters. The largest absolute Gasteiger partial charge is 0.477 e. The minimum atomic E-state index is -1.14. The van der Waals surface area contributed by atoms with Gasteiger partial charge in [0.1, 0.15) is 11.0 Å². The topological polar surface area (TPSA) is 96.2 Å². The summed E-state index contributed by atoms with van der Waals surface area (Å²) in [7, 11) is 0. The molecular weight excluding hydrogens is 224 g/mol. The number of nitrogens with zero attached hydrogens (tertiary/aromatic N) is 1. The van der Waals surface area contributed by atoms with E-state index in [0.29, 0.717) is 5.22 Å². The molecule has 1 aromatic rings. The van der Waals surface area contributed by atoms with Crippen molar-refractivity contribution in [3.63, 3.8) is 0 Å². The molecule has 94 valence electrons. The molecule has 0 spiro atoms. The molecule has 0 amide bonds. The summed E-state index contributed by atoms with van der Waals surface area (Å²) in [5.41, 5.74) is -0.157. The van der Waals surface area contributed by atoms with Crippen LogP contribution in [0.2, 0.25) is 0 Å². The van der Waals surface area contributed by atoms with Gasteiger partial charge in [0, 0.05) is 12.1 Å². The van der Waals surface area contributed by atoms with Crippen molar-refractivity contribution in [2.45, 2.75) is 27.7 Å². The highest BCUT2D eigenvalue weighted by Crippen LogP contribution is 1.91. The molecule has 2 N–H and O–H groups in total. The summed E-state index contributed by atoms with van der Waals surface area (Å²) in [6.07, 6.45) is 1.62. The summed E-state index contributed by atoms with van der Waals surface area (Å²) >= 11 is 0. The van der Waals surface area contributed by atoms with Crippen molar-refractivity contribution in [2.24, 2.45) is 0 Å². The number of aromatic carboxylic acids is 1. The van der Waals surface area contributed by atoms with E-state index in [9.17, 15) is 14.9 Å². The number of nitro groups is 1. The molecule has 0 aliphatic heterocycles. The second kappa shape index (κ2) is 6.47. The van der Waals surface area contributed by atoms with Crippen molar-refractivity contribution in [1.29, 1.82) is 0 Å². The van der Waals surface area contributed by atoms with Gasteiger partial charge in [-0.1, -0.05) is 19.9 Å². The SMILES string of the molecule is C/C=c1/cc(C(=O)O)[nH]/c1=C(/C)[N+](=O)[O-].CC. The Balaban J connectivity index is 0.00000121. The van der Waals surface area contributed by atoms with Crippen LogP contribution in [0.3, 0.4) is 0 Å². The van der Waals surface area contributed by atoms with Gasteiger partial charge in [-0.2, -0.15) is 0 Å². The van der Waals surface area contributed by atoms with E-state index < -0.39 is 10.9 Å². The number of nitrogens with one attached hydrogen (secondary N) is 1. The molecule has 0 saturated heterocycles. The van der Waals surface area contributed by atoms with Gasteiger partial charge in [0.15, 0.2) is 0 Å². The quantitative estimate of drug-likeness (QED) is 0.594. The van der Waals surface area contributed by atoms with Crippen LogP contribution in [-0.4, -0.2) is 21.0 Å². The fourth-order valence-corrected chi connectivity index (χ4v) is 1.20. The Bertz CT molecular complexity index is 528. The first-order chi connectivity index (χ1) is 7.97. The zero-order chi connectivity index (χ0) is 13.6. The molecule has 0 aliphatic carbocycles. The average Bonchev–Trinajstić information content (AvgIpc) is 2.74. The highest BCUT2D eigenvalue weighted by Gasteiger charge is 2.10. The number of carbonyl (C=O) groups is 1. The van der Waals surface area contributed by atoms with Gasteiger partial charge in [-0.25, -0.2) is 4.79 Å². The van der Waals surface area contributed by atoms with Crippen molar-refractivity contribution in [3.8, 4) is 0 Å². The summed E-state index contributed by atoms with van der Waals surface area (Å²) in [5.74, 6) is -1.14. The molecule has 0 atom stereocenters. The van der Waals surface area contributed by atoms with E-state index in [0.717, 1.165) is 0 Å². The van der Waals surface area contributed by atoms with Gasteiger partial charge in [0.2, 0.25) is 0 Å². The van der Waals surface area contributed by atoms with Crippen LogP contribution in [0.5, 0.6) is 0 Å². The maximum Gasteiger partial charge on any atom is 0.352 e. The second-order valence-electron chi connectivity index (χ2n) is 2.95. The molecule has 0 aromatic carbocycles. The van der Waals surface area contributed by atoms with Crippen LogP contribution in [-0.2, 0) is 0 Å². The molecule has 0 radical (unpaired) electrons. The Kier molecular flexibility index (Phi) is 5.66. The van der Waals surface area contributed by atoms with Gasteiger partial charge >= 0.3 is 5.97 Å². The van der Waals surface area contributed by atoms with E-state index in [1.165, 1.54) is 13.0 Å². The minimum absolute atomic E-state index is 0.0562. The van der Waals surface area contributed by atoms with Crippen LogP contribution >= 0.6 is 0 Å². The lowest BCUT2D eigenvalue weighted by Crippen LogP contribution is -2.26. The normalized spacial score (nSPS) is 12.6. The molecule has 0 aliphatic rings. The number of carboxylic acids is 1. The van der Waals surface area contributed by atoms with E-state index in [-0.39, 0.29) is 16.7 Å². The Morgan fingerprint density at radius 1 is 1.53 bits per heavy atom. The highest BCUT2D eigenvalue weighted by atomic mass is 16.6. The summed E-state index contributed by atoms with van der Waals surface area (Å²) in [6.45, 7) is 7.01. The number of hydrogen-bond acceptors (Lipinski definition) is 3. The van der Waals surface area contributed by atoms with E-state index in [1.807, 2.05) is 13.8 Å². The third-order valence-corrected chi connectivity index (χ3v) is 2.03. The van der Waals surface area contributed by atoms with E-state index in [1.54, 1.807) is 13.0 Å². The fraction of sp³-hybridized carbons (Fsp3) is 0.364. The maximum atomic E-state index is 10.7. The van der Waals surface area contributed by atoms with Crippen molar-refractivity contribution in [2.75, 3.05) is 0 Å². The van der Waals surface area contributed by atoms with Crippen molar-refractivity contribution >= 4 is 17.7 Å². The Morgan fingerprint density at radius 3 is 2.41 bits per heavy atom. The predicted molar refractivity (Wildman–Crippen MR) is 64.6 cm³/mol. The summed E-state index contributed by atoms with van der Waals surface area (Å²) < 4.78 is 0. The zero-order valence-electron chi connectivity index (χ0n) is 10.3. The van der Waals surface area contributed by atoms with Crippen LogP contribution in [0, 0.1) is 10.1 Å². The van der Waals surface area contributed by atoms with Crippen molar-refractivity contribution in [3.05, 3.63) is 32.4 Å². The molecule has 0 saturated carbocycles. The summed E-state index contributed by atoms with van der Waals surface area (Å²) in [5, 5.41) is 20.0. The lowest BCUT2D eigenvalue weighted by Gasteiger charge is -1.87. The lowest BCUT2D eigenvalue weighted by atomic mass is 10.3. The monoisotopic (exact) mass is 240 g/mol. The lowest BCUT2D eigenvalue weighted by molar-refractivity contribution is -0.379. The third kappa shape index (κ3) is 3.44. The second-order valence-corrected chi connectivity index (χ2v) is 2.95. The number of rotatable bonds is 2. The molecule has 0 fully saturated rings. The van der Waals surface area contributed by atoms with Gasteiger partial charge in [-0.3, -0.25) is 10.1 Å². The van der Waals surface area contributed by atoms with Crippen LogP contribution < -0.4 is 10.6 Å². The molecule has 17 heavy (non-hydrogen) atoms. The molecular formula is C11H16N2O4. The first-order valence-electron chi connectivity index (χ1n) is 5.21.